The fourth-order valence-corrected chi connectivity index (χ4v) is 3.52. The minimum Gasteiger partial charge on any atom is -0.488 e. The third-order valence-corrected chi connectivity index (χ3v) is 4.91. The van der Waals surface area contributed by atoms with Crippen molar-refractivity contribution in [1.29, 1.82) is 0 Å². The molecule has 0 bridgehead atoms. The maximum absolute atomic E-state index is 13.8. The monoisotopic (exact) mass is 370 g/mol. The van der Waals surface area contributed by atoms with Gasteiger partial charge >= 0.3 is 0 Å². The van der Waals surface area contributed by atoms with Crippen molar-refractivity contribution in [3.63, 3.8) is 0 Å². The van der Waals surface area contributed by atoms with E-state index in [2.05, 4.69) is 17.4 Å². The molecule has 0 unspecified atom stereocenters. The highest BCUT2D eigenvalue weighted by atomic mass is 19.1. The molecule has 0 spiro atoms. The molecule has 4 nitrogen and oxygen atoms in total. The van der Waals surface area contributed by atoms with Gasteiger partial charge in [-0.15, -0.1) is 0 Å². The highest BCUT2D eigenvalue weighted by Crippen LogP contribution is 2.26. The van der Waals surface area contributed by atoms with Gasteiger partial charge in [0.15, 0.2) is 0 Å². The molecule has 0 radical (unpaired) electrons. The molecule has 0 atom stereocenters. The van der Waals surface area contributed by atoms with Crippen LogP contribution >= 0.6 is 0 Å². The van der Waals surface area contributed by atoms with Gasteiger partial charge in [-0.3, -0.25) is 4.79 Å². The average Bonchev–Trinajstić information content (AvgIpc) is 3.04. The summed E-state index contributed by atoms with van der Waals surface area (Å²) in [7, 11) is 0. The van der Waals surface area contributed by atoms with E-state index in [1.165, 1.54) is 11.6 Å². The number of amides is 1. The summed E-state index contributed by atoms with van der Waals surface area (Å²) >= 11 is 0. The molecule has 0 aliphatic carbocycles. The molecule has 3 rings (SSSR count). The van der Waals surface area contributed by atoms with E-state index in [9.17, 15) is 9.18 Å². The van der Waals surface area contributed by atoms with Crippen LogP contribution in [0.2, 0.25) is 0 Å². The van der Waals surface area contributed by atoms with Gasteiger partial charge in [0.25, 0.3) is 0 Å². The molecule has 2 aromatic carbocycles. The third kappa shape index (κ3) is 5.07. The van der Waals surface area contributed by atoms with E-state index in [0.717, 1.165) is 49.5 Å². The number of ether oxygens (including phenoxy) is 1. The molecule has 0 aromatic heterocycles. The van der Waals surface area contributed by atoms with Crippen LogP contribution in [-0.4, -0.2) is 30.4 Å². The van der Waals surface area contributed by atoms with Crippen LogP contribution in [0, 0.1) is 19.7 Å². The second-order valence-corrected chi connectivity index (χ2v) is 7.10. The van der Waals surface area contributed by atoms with Crippen molar-refractivity contribution in [2.45, 2.75) is 39.8 Å². The lowest BCUT2D eigenvalue weighted by atomic mass is 10.1. The van der Waals surface area contributed by atoms with Crippen molar-refractivity contribution < 1.29 is 13.9 Å². The number of nitrogens with zero attached hydrogens (tertiary/aromatic N) is 1. The number of halogens is 1. The van der Waals surface area contributed by atoms with Crippen molar-refractivity contribution in [2.24, 2.45) is 0 Å². The zero-order valence-corrected chi connectivity index (χ0v) is 16.1. The predicted molar refractivity (Wildman–Crippen MR) is 104 cm³/mol. The summed E-state index contributed by atoms with van der Waals surface area (Å²) in [6.07, 6.45) is 1.66. The number of hydrogen-bond acceptors (Lipinski definition) is 3. The highest BCUT2D eigenvalue weighted by Gasteiger charge is 2.18. The molecule has 1 fully saturated rings. The number of likely N-dealkylation sites (tertiary alicyclic amines) is 1. The lowest BCUT2D eigenvalue weighted by Gasteiger charge is -2.17. The van der Waals surface area contributed by atoms with Gasteiger partial charge in [-0.05, 0) is 43.0 Å². The number of carbonyl (C=O) groups is 1. The van der Waals surface area contributed by atoms with Crippen LogP contribution in [0.25, 0.3) is 0 Å². The quantitative estimate of drug-likeness (QED) is 0.720. The zero-order chi connectivity index (χ0) is 19.2. The standard InChI is InChI=1S/C22H27FN2O2/c1-16-12-18(14-24-9-11-25-10-5-8-21(25)26)13-17(2)22(16)27-15-19-6-3-4-7-20(19)23/h3-4,6-7,12-13,24H,5,8-11,14-15H2,1-2H3. The van der Waals surface area contributed by atoms with Gasteiger partial charge < -0.3 is 15.0 Å². The largest absolute Gasteiger partial charge is 0.488 e. The maximum Gasteiger partial charge on any atom is 0.222 e. The number of hydrogen-bond donors (Lipinski definition) is 1. The molecule has 1 aliphatic heterocycles. The van der Waals surface area contributed by atoms with Gasteiger partial charge in [0.1, 0.15) is 18.2 Å². The lowest BCUT2D eigenvalue weighted by Crippen LogP contribution is -2.32. The Bertz CT molecular complexity index is 784. The molecule has 27 heavy (non-hydrogen) atoms. The topological polar surface area (TPSA) is 41.6 Å². The molecule has 2 aromatic rings. The van der Waals surface area contributed by atoms with E-state index in [1.807, 2.05) is 24.8 Å². The first kappa shape index (κ1) is 19.4. The maximum atomic E-state index is 13.8. The van der Waals surface area contributed by atoms with Crippen LogP contribution in [0.3, 0.4) is 0 Å². The first-order valence-electron chi connectivity index (χ1n) is 9.49. The summed E-state index contributed by atoms with van der Waals surface area (Å²) < 4.78 is 19.6. The van der Waals surface area contributed by atoms with Crippen molar-refractivity contribution in [2.75, 3.05) is 19.6 Å². The molecule has 5 heteroatoms. The minimum absolute atomic E-state index is 0.218. The van der Waals surface area contributed by atoms with Gasteiger partial charge in [0.05, 0.1) is 0 Å². The third-order valence-electron chi connectivity index (χ3n) is 4.91. The van der Waals surface area contributed by atoms with Gasteiger partial charge in [0, 0.05) is 38.2 Å². The van der Waals surface area contributed by atoms with Gasteiger partial charge in [0.2, 0.25) is 5.91 Å². The van der Waals surface area contributed by atoms with Crippen molar-refractivity contribution in [1.82, 2.24) is 10.2 Å². The van der Waals surface area contributed by atoms with E-state index in [4.69, 9.17) is 4.74 Å². The number of carbonyl (C=O) groups excluding carboxylic acids is 1. The predicted octanol–water partition coefficient (Wildman–Crippen LogP) is 3.73. The van der Waals surface area contributed by atoms with Crippen LogP contribution in [0.15, 0.2) is 36.4 Å². The van der Waals surface area contributed by atoms with E-state index >= 15 is 0 Å². The number of benzene rings is 2. The number of rotatable bonds is 8. The van der Waals surface area contributed by atoms with Crippen LogP contribution in [-0.2, 0) is 17.9 Å². The Morgan fingerprint density at radius 1 is 1.19 bits per heavy atom. The van der Waals surface area contributed by atoms with Crippen molar-refractivity contribution in [3.8, 4) is 5.75 Å². The Morgan fingerprint density at radius 3 is 2.59 bits per heavy atom. The summed E-state index contributed by atoms with van der Waals surface area (Å²) in [5, 5.41) is 3.40. The Kier molecular flexibility index (Phi) is 6.45. The van der Waals surface area contributed by atoms with Crippen LogP contribution in [0.5, 0.6) is 5.75 Å². The Labute approximate surface area is 160 Å². The van der Waals surface area contributed by atoms with E-state index < -0.39 is 0 Å². The van der Waals surface area contributed by atoms with E-state index in [1.54, 1.807) is 12.1 Å². The summed E-state index contributed by atoms with van der Waals surface area (Å²) in [4.78, 5) is 13.5. The molecule has 1 heterocycles. The summed E-state index contributed by atoms with van der Waals surface area (Å²) in [6, 6.07) is 10.9. The Morgan fingerprint density at radius 2 is 1.93 bits per heavy atom. The molecule has 144 valence electrons. The fourth-order valence-electron chi connectivity index (χ4n) is 3.52. The van der Waals surface area contributed by atoms with Crippen LogP contribution in [0.1, 0.15) is 35.1 Å². The summed E-state index contributed by atoms with van der Waals surface area (Å²) in [5.74, 6) is 0.828. The van der Waals surface area contributed by atoms with Gasteiger partial charge in [-0.1, -0.05) is 30.3 Å². The van der Waals surface area contributed by atoms with Gasteiger partial charge in [-0.2, -0.15) is 0 Å². The molecular weight excluding hydrogens is 343 g/mol. The highest BCUT2D eigenvalue weighted by molar-refractivity contribution is 5.78. The summed E-state index contributed by atoms with van der Waals surface area (Å²) in [5.41, 5.74) is 3.81. The SMILES string of the molecule is Cc1cc(CNCCN2CCCC2=O)cc(C)c1OCc1ccccc1F. The first-order chi connectivity index (χ1) is 13.0. The van der Waals surface area contributed by atoms with Crippen molar-refractivity contribution in [3.05, 3.63) is 64.5 Å². The molecule has 0 saturated carbocycles. The fraction of sp³-hybridized carbons (Fsp3) is 0.409. The molecule has 1 amide bonds. The molecular formula is C22H27FN2O2. The van der Waals surface area contributed by atoms with E-state index in [0.29, 0.717) is 12.0 Å². The minimum atomic E-state index is -0.245. The molecule has 1 saturated heterocycles. The van der Waals surface area contributed by atoms with Crippen LogP contribution in [0.4, 0.5) is 4.39 Å². The van der Waals surface area contributed by atoms with Crippen LogP contribution < -0.4 is 10.1 Å². The average molecular weight is 370 g/mol. The van der Waals surface area contributed by atoms with Gasteiger partial charge in [-0.25, -0.2) is 4.39 Å². The second-order valence-electron chi connectivity index (χ2n) is 7.10. The smallest absolute Gasteiger partial charge is 0.222 e. The Hall–Kier alpha value is -2.40. The number of aryl methyl sites for hydroxylation is 2. The van der Waals surface area contributed by atoms with E-state index in [-0.39, 0.29) is 18.3 Å². The normalized spacial score (nSPS) is 14.0. The second kappa shape index (κ2) is 9.00. The molecule has 1 N–H and O–H groups in total. The van der Waals surface area contributed by atoms with Crippen molar-refractivity contribution >= 4 is 5.91 Å². The zero-order valence-electron chi connectivity index (χ0n) is 16.1. The lowest BCUT2D eigenvalue weighted by molar-refractivity contribution is -0.127. The summed E-state index contributed by atoms with van der Waals surface area (Å²) in [6.45, 7) is 7.42. The Balaban J connectivity index is 1.53. The first-order valence-corrected chi connectivity index (χ1v) is 9.49. The molecule has 1 aliphatic rings. The number of nitrogens with one attached hydrogen (secondary N) is 1.